The number of urea groups is 1. The Labute approximate surface area is 141 Å². The van der Waals surface area contributed by atoms with Crippen molar-refractivity contribution < 1.29 is 13.9 Å². The van der Waals surface area contributed by atoms with E-state index < -0.39 is 11.8 Å². The fourth-order valence-electron chi connectivity index (χ4n) is 2.37. The van der Waals surface area contributed by atoms with Crippen molar-refractivity contribution >= 4 is 11.7 Å². The minimum atomic E-state index is -0.468. The number of methoxy groups -OCH3 is 1. The number of halogens is 1. The molecule has 0 unspecified atom stereocenters. The first-order valence-electron chi connectivity index (χ1n) is 7.61. The van der Waals surface area contributed by atoms with Crippen molar-refractivity contribution in [2.45, 2.75) is 6.04 Å². The lowest BCUT2D eigenvalue weighted by molar-refractivity contribution is 0.243. The normalized spacial score (nSPS) is 11.9. The SMILES string of the molecule is COc1cccc([C@H](CNC(=O)Nc2ccccc2F)N(C)C)c1. The molecule has 5 nitrogen and oxygen atoms in total. The molecule has 0 fully saturated rings. The van der Waals surface area contributed by atoms with Gasteiger partial charge in [0.2, 0.25) is 0 Å². The second-order valence-electron chi connectivity index (χ2n) is 5.57. The fourth-order valence-corrected chi connectivity index (χ4v) is 2.37. The number of benzene rings is 2. The Morgan fingerprint density at radius 2 is 1.96 bits per heavy atom. The molecular formula is C18H22FN3O2. The fraction of sp³-hybridized carbons (Fsp3) is 0.278. The molecule has 2 rings (SSSR count). The highest BCUT2D eigenvalue weighted by Gasteiger charge is 2.16. The third kappa shape index (κ3) is 4.70. The Morgan fingerprint density at radius 1 is 1.21 bits per heavy atom. The smallest absolute Gasteiger partial charge is 0.319 e. The summed E-state index contributed by atoms with van der Waals surface area (Å²) in [4.78, 5) is 14.0. The quantitative estimate of drug-likeness (QED) is 0.854. The number of para-hydroxylation sites is 1. The molecule has 2 amide bonds. The second kappa shape index (κ2) is 8.31. The van der Waals surface area contributed by atoms with Crippen molar-refractivity contribution in [2.75, 3.05) is 33.1 Å². The summed E-state index contributed by atoms with van der Waals surface area (Å²) in [6, 6.07) is 13.3. The van der Waals surface area contributed by atoms with Gasteiger partial charge in [0.1, 0.15) is 11.6 Å². The molecule has 0 bridgehead atoms. The number of rotatable bonds is 6. The summed E-state index contributed by atoms with van der Waals surface area (Å²) in [7, 11) is 5.48. The van der Waals surface area contributed by atoms with Crippen LogP contribution in [0.25, 0.3) is 0 Å². The van der Waals surface area contributed by atoms with Crippen LogP contribution in [-0.4, -0.2) is 38.7 Å². The zero-order chi connectivity index (χ0) is 17.5. The van der Waals surface area contributed by atoms with E-state index in [1.165, 1.54) is 12.1 Å². The van der Waals surface area contributed by atoms with E-state index in [0.29, 0.717) is 6.54 Å². The van der Waals surface area contributed by atoms with Crippen LogP contribution in [0.5, 0.6) is 5.75 Å². The predicted octanol–water partition coefficient (Wildman–Crippen LogP) is 3.26. The number of hydrogen-bond donors (Lipinski definition) is 2. The standard InChI is InChI=1S/C18H22FN3O2/c1-22(2)17(13-7-6-8-14(11-13)24-3)12-20-18(23)21-16-10-5-4-9-15(16)19/h4-11,17H,12H2,1-3H3,(H2,20,21,23)/t17-/m0/s1. The average molecular weight is 331 g/mol. The van der Waals surface area contributed by atoms with Gasteiger partial charge in [-0.15, -0.1) is 0 Å². The van der Waals surface area contributed by atoms with Crippen LogP contribution in [0.3, 0.4) is 0 Å². The number of amides is 2. The third-order valence-electron chi connectivity index (χ3n) is 3.68. The molecule has 0 heterocycles. The monoisotopic (exact) mass is 331 g/mol. The summed E-state index contributed by atoms with van der Waals surface area (Å²) in [5.41, 5.74) is 1.17. The van der Waals surface area contributed by atoms with Crippen molar-refractivity contribution in [1.82, 2.24) is 10.2 Å². The van der Waals surface area contributed by atoms with Gasteiger partial charge in [0.25, 0.3) is 0 Å². The molecule has 0 radical (unpaired) electrons. The van der Waals surface area contributed by atoms with E-state index in [-0.39, 0.29) is 11.7 Å². The van der Waals surface area contributed by atoms with Gasteiger partial charge >= 0.3 is 6.03 Å². The van der Waals surface area contributed by atoms with Crippen LogP contribution >= 0.6 is 0 Å². The predicted molar refractivity (Wildman–Crippen MR) is 92.8 cm³/mol. The molecular weight excluding hydrogens is 309 g/mol. The van der Waals surface area contributed by atoms with Crippen molar-refractivity contribution in [3.8, 4) is 5.75 Å². The van der Waals surface area contributed by atoms with Gasteiger partial charge in [0.05, 0.1) is 18.8 Å². The number of hydrogen-bond acceptors (Lipinski definition) is 3. The molecule has 0 aliphatic rings. The van der Waals surface area contributed by atoms with Crippen LogP contribution < -0.4 is 15.4 Å². The van der Waals surface area contributed by atoms with Crippen molar-refractivity contribution in [3.63, 3.8) is 0 Å². The Balaban J connectivity index is 2.01. The molecule has 0 saturated carbocycles. The summed E-state index contributed by atoms with van der Waals surface area (Å²) in [5, 5.41) is 5.29. The molecule has 0 aliphatic heterocycles. The zero-order valence-corrected chi connectivity index (χ0v) is 14.0. The summed E-state index contributed by atoms with van der Waals surface area (Å²) in [5.74, 6) is 0.291. The molecule has 0 aliphatic carbocycles. The number of nitrogens with zero attached hydrogens (tertiary/aromatic N) is 1. The molecule has 6 heteroatoms. The lowest BCUT2D eigenvalue weighted by Gasteiger charge is -2.25. The van der Waals surface area contributed by atoms with Gasteiger partial charge in [-0.25, -0.2) is 9.18 Å². The van der Waals surface area contributed by atoms with E-state index >= 15 is 0 Å². The highest BCUT2D eigenvalue weighted by Crippen LogP contribution is 2.22. The second-order valence-corrected chi connectivity index (χ2v) is 5.57. The third-order valence-corrected chi connectivity index (χ3v) is 3.68. The highest BCUT2D eigenvalue weighted by molar-refractivity contribution is 5.89. The van der Waals surface area contributed by atoms with Gasteiger partial charge in [0, 0.05) is 6.54 Å². The number of carbonyl (C=O) groups is 1. The minimum absolute atomic E-state index is 0.0357. The average Bonchev–Trinajstić information content (AvgIpc) is 2.57. The molecule has 2 N–H and O–H groups in total. The Hall–Kier alpha value is -2.60. The lowest BCUT2D eigenvalue weighted by atomic mass is 10.1. The first-order valence-corrected chi connectivity index (χ1v) is 7.61. The lowest BCUT2D eigenvalue weighted by Crippen LogP contribution is -2.37. The maximum absolute atomic E-state index is 13.6. The van der Waals surface area contributed by atoms with Gasteiger partial charge in [-0.3, -0.25) is 0 Å². The molecule has 2 aromatic rings. The number of anilines is 1. The number of carbonyl (C=O) groups excluding carboxylic acids is 1. The zero-order valence-electron chi connectivity index (χ0n) is 14.0. The minimum Gasteiger partial charge on any atom is -0.497 e. The Kier molecular flexibility index (Phi) is 6.14. The summed E-state index contributed by atoms with van der Waals surface area (Å²) >= 11 is 0. The molecule has 0 aromatic heterocycles. The van der Waals surface area contributed by atoms with Gasteiger partial charge in [-0.1, -0.05) is 24.3 Å². The Morgan fingerprint density at radius 3 is 2.62 bits per heavy atom. The Bertz CT molecular complexity index is 691. The van der Waals surface area contributed by atoms with E-state index in [9.17, 15) is 9.18 Å². The van der Waals surface area contributed by atoms with Crippen LogP contribution in [0.15, 0.2) is 48.5 Å². The van der Waals surface area contributed by atoms with Crippen molar-refractivity contribution in [3.05, 3.63) is 59.9 Å². The number of nitrogens with one attached hydrogen (secondary N) is 2. The van der Waals surface area contributed by atoms with E-state index in [1.54, 1.807) is 19.2 Å². The first-order chi connectivity index (χ1) is 11.5. The van der Waals surface area contributed by atoms with E-state index in [0.717, 1.165) is 11.3 Å². The maximum atomic E-state index is 13.6. The number of ether oxygens (including phenoxy) is 1. The molecule has 1 atom stereocenters. The van der Waals surface area contributed by atoms with Crippen molar-refractivity contribution in [1.29, 1.82) is 0 Å². The summed E-state index contributed by atoms with van der Waals surface area (Å²) in [6.07, 6.45) is 0. The van der Waals surface area contributed by atoms with Gasteiger partial charge in [-0.05, 0) is 43.9 Å². The van der Waals surface area contributed by atoms with E-state index in [1.807, 2.05) is 43.3 Å². The van der Waals surface area contributed by atoms with E-state index in [2.05, 4.69) is 10.6 Å². The molecule has 0 spiro atoms. The topological polar surface area (TPSA) is 53.6 Å². The van der Waals surface area contributed by atoms with Crippen LogP contribution in [0.1, 0.15) is 11.6 Å². The van der Waals surface area contributed by atoms with Gasteiger partial charge < -0.3 is 20.3 Å². The molecule has 0 saturated heterocycles. The van der Waals surface area contributed by atoms with E-state index in [4.69, 9.17) is 4.74 Å². The summed E-state index contributed by atoms with van der Waals surface area (Å²) < 4.78 is 18.8. The largest absolute Gasteiger partial charge is 0.497 e. The van der Waals surface area contributed by atoms with Gasteiger partial charge in [-0.2, -0.15) is 0 Å². The summed E-state index contributed by atoms with van der Waals surface area (Å²) in [6.45, 7) is 0.375. The molecule has 24 heavy (non-hydrogen) atoms. The molecule has 128 valence electrons. The van der Waals surface area contributed by atoms with Gasteiger partial charge in [0.15, 0.2) is 0 Å². The van der Waals surface area contributed by atoms with Crippen LogP contribution in [-0.2, 0) is 0 Å². The van der Waals surface area contributed by atoms with Crippen LogP contribution in [0.4, 0.5) is 14.9 Å². The van der Waals surface area contributed by atoms with Crippen LogP contribution in [0.2, 0.25) is 0 Å². The first kappa shape index (κ1) is 17.7. The van der Waals surface area contributed by atoms with Crippen molar-refractivity contribution in [2.24, 2.45) is 0 Å². The molecule has 2 aromatic carbocycles. The van der Waals surface area contributed by atoms with Crippen LogP contribution in [0, 0.1) is 5.82 Å². The maximum Gasteiger partial charge on any atom is 0.319 e. The number of likely N-dealkylation sites (N-methyl/N-ethyl adjacent to an activating group) is 1. The highest BCUT2D eigenvalue weighted by atomic mass is 19.1.